The van der Waals surface area contributed by atoms with E-state index in [2.05, 4.69) is 0 Å². The van der Waals surface area contributed by atoms with E-state index in [1.54, 1.807) is 4.90 Å². The Morgan fingerprint density at radius 3 is 2.79 bits per heavy atom. The first-order valence-electron chi connectivity index (χ1n) is 6.06. The molecular weight excluding hydrogens is 256 g/mol. The molecule has 0 bridgehead atoms. The van der Waals surface area contributed by atoms with Crippen molar-refractivity contribution in [3.05, 3.63) is 33.9 Å². The van der Waals surface area contributed by atoms with Gasteiger partial charge in [-0.1, -0.05) is 0 Å². The Hall–Kier alpha value is -1.76. The third-order valence-electron chi connectivity index (χ3n) is 3.26. The lowest BCUT2D eigenvalue weighted by atomic mass is 10.0. The summed E-state index contributed by atoms with van der Waals surface area (Å²) in [4.78, 5) is 11.8. The van der Waals surface area contributed by atoms with Crippen molar-refractivity contribution in [3.8, 4) is 0 Å². The molecule has 0 aromatic heterocycles. The van der Waals surface area contributed by atoms with E-state index < -0.39 is 11.3 Å². The normalized spacial score (nSPS) is 19.8. The van der Waals surface area contributed by atoms with E-state index in [4.69, 9.17) is 5.73 Å². The number of nitro benzene ring substituents is 1. The van der Waals surface area contributed by atoms with Crippen LogP contribution in [0.15, 0.2) is 18.2 Å². The molecule has 104 valence electrons. The standard InChI is InChI=1S/C12H15F2N3O2/c13-12(14)10-6-9(17(18)19)3-4-11(10)16-5-1-2-8(15)7-16/h3-4,6,8,12H,1-2,5,7,15H2/t8-/m1/s1. The van der Waals surface area contributed by atoms with Crippen LogP contribution in [-0.4, -0.2) is 24.1 Å². The number of alkyl halides is 2. The quantitative estimate of drug-likeness (QED) is 0.677. The number of hydrogen-bond acceptors (Lipinski definition) is 4. The van der Waals surface area contributed by atoms with Crippen LogP contribution in [0.1, 0.15) is 24.8 Å². The minimum Gasteiger partial charge on any atom is -0.370 e. The first-order chi connectivity index (χ1) is 8.99. The van der Waals surface area contributed by atoms with Gasteiger partial charge in [0.25, 0.3) is 12.1 Å². The molecule has 1 heterocycles. The SMILES string of the molecule is N[C@@H]1CCCN(c2ccc([N+](=O)[O-])cc2C(F)F)C1. The zero-order valence-electron chi connectivity index (χ0n) is 10.3. The number of rotatable bonds is 3. The summed E-state index contributed by atoms with van der Waals surface area (Å²) < 4.78 is 26.1. The Kier molecular flexibility index (Phi) is 3.94. The average molecular weight is 271 g/mol. The summed E-state index contributed by atoms with van der Waals surface area (Å²) in [6.07, 6.45) is -1.04. The number of benzene rings is 1. The molecular formula is C12H15F2N3O2. The van der Waals surface area contributed by atoms with Crippen LogP contribution in [0.25, 0.3) is 0 Å². The molecule has 19 heavy (non-hydrogen) atoms. The largest absolute Gasteiger partial charge is 0.370 e. The fraction of sp³-hybridized carbons (Fsp3) is 0.500. The topological polar surface area (TPSA) is 72.4 Å². The van der Waals surface area contributed by atoms with Gasteiger partial charge in [0.05, 0.1) is 4.92 Å². The molecule has 1 atom stereocenters. The average Bonchev–Trinajstić information content (AvgIpc) is 2.37. The number of halogens is 2. The van der Waals surface area contributed by atoms with Crippen LogP contribution in [0.3, 0.4) is 0 Å². The van der Waals surface area contributed by atoms with Crippen molar-refractivity contribution in [2.45, 2.75) is 25.3 Å². The predicted molar refractivity (Wildman–Crippen MR) is 67.5 cm³/mol. The predicted octanol–water partition coefficient (Wildman–Crippen LogP) is 2.46. The van der Waals surface area contributed by atoms with Gasteiger partial charge in [-0.2, -0.15) is 0 Å². The second-order valence-electron chi connectivity index (χ2n) is 4.65. The summed E-state index contributed by atoms with van der Waals surface area (Å²) in [7, 11) is 0. The van der Waals surface area contributed by atoms with Crippen molar-refractivity contribution in [1.29, 1.82) is 0 Å². The molecule has 0 aliphatic carbocycles. The van der Waals surface area contributed by atoms with Crippen LogP contribution in [0.2, 0.25) is 0 Å². The van der Waals surface area contributed by atoms with Gasteiger partial charge in [-0.15, -0.1) is 0 Å². The molecule has 0 radical (unpaired) electrons. The van der Waals surface area contributed by atoms with Crippen LogP contribution in [0.4, 0.5) is 20.2 Å². The Morgan fingerprint density at radius 1 is 1.47 bits per heavy atom. The molecule has 1 aliphatic heterocycles. The highest BCUT2D eigenvalue weighted by Crippen LogP contribution is 2.34. The van der Waals surface area contributed by atoms with E-state index in [0.717, 1.165) is 18.9 Å². The monoisotopic (exact) mass is 271 g/mol. The van der Waals surface area contributed by atoms with E-state index in [0.29, 0.717) is 18.8 Å². The van der Waals surface area contributed by atoms with Crippen molar-refractivity contribution in [2.75, 3.05) is 18.0 Å². The molecule has 0 spiro atoms. The lowest BCUT2D eigenvalue weighted by Crippen LogP contribution is -2.43. The Balaban J connectivity index is 2.36. The van der Waals surface area contributed by atoms with Gasteiger partial charge in [0.2, 0.25) is 0 Å². The van der Waals surface area contributed by atoms with E-state index in [1.165, 1.54) is 12.1 Å². The number of nitro groups is 1. The second-order valence-corrected chi connectivity index (χ2v) is 4.65. The van der Waals surface area contributed by atoms with Crippen LogP contribution in [0.5, 0.6) is 0 Å². The van der Waals surface area contributed by atoms with Gasteiger partial charge in [0.1, 0.15) is 0 Å². The summed E-state index contributed by atoms with van der Waals surface area (Å²) in [6, 6.07) is 3.54. The Bertz CT molecular complexity index is 482. The molecule has 2 N–H and O–H groups in total. The zero-order chi connectivity index (χ0) is 14.0. The van der Waals surface area contributed by atoms with Gasteiger partial charge in [0.15, 0.2) is 0 Å². The fourth-order valence-corrected chi connectivity index (χ4v) is 2.35. The number of piperidine rings is 1. The number of nitrogens with zero attached hydrogens (tertiary/aromatic N) is 2. The zero-order valence-corrected chi connectivity index (χ0v) is 10.3. The van der Waals surface area contributed by atoms with Crippen molar-refractivity contribution in [1.82, 2.24) is 0 Å². The molecule has 0 unspecified atom stereocenters. The lowest BCUT2D eigenvalue weighted by molar-refractivity contribution is -0.385. The molecule has 1 aromatic rings. The van der Waals surface area contributed by atoms with E-state index in [-0.39, 0.29) is 17.3 Å². The number of nitrogens with two attached hydrogens (primary N) is 1. The van der Waals surface area contributed by atoms with Gasteiger partial charge >= 0.3 is 0 Å². The Labute approximate surface area is 109 Å². The van der Waals surface area contributed by atoms with Crippen molar-refractivity contribution in [2.24, 2.45) is 5.73 Å². The first kappa shape index (κ1) is 13.7. The van der Waals surface area contributed by atoms with Crippen LogP contribution < -0.4 is 10.6 Å². The van der Waals surface area contributed by atoms with E-state index in [9.17, 15) is 18.9 Å². The van der Waals surface area contributed by atoms with Gasteiger partial charge in [-0.3, -0.25) is 10.1 Å². The molecule has 1 saturated heterocycles. The number of hydrogen-bond donors (Lipinski definition) is 1. The van der Waals surface area contributed by atoms with Gasteiger partial charge in [-0.05, 0) is 18.9 Å². The third kappa shape index (κ3) is 2.98. The third-order valence-corrected chi connectivity index (χ3v) is 3.26. The molecule has 0 amide bonds. The van der Waals surface area contributed by atoms with E-state index >= 15 is 0 Å². The molecule has 5 nitrogen and oxygen atoms in total. The summed E-state index contributed by atoms with van der Waals surface area (Å²) >= 11 is 0. The lowest BCUT2D eigenvalue weighted by Gasteiger charge is -2.33. The highest BCUT2D eigenvalue weighted by molar-refractivity contribution is 5.59. The summed E-state index contributed by atoms with van der Waals surface area (Å²) in [6.45, 7) is 1.14. The van der Waals surface area contributed by atoms with Gasteiger partial charge < -0.3 is 10.6 Å². The molecule has 1 fully saturated rings. The molecule has 1 aliphatic rings. The van der Waals surface area contributed by atoms with Crippen LogP contribution >= 0.6 is 0 Å². The molecule has 1 aromatic carbocycles. The maximum Gasteiger partial charge on any atom is 0.270 e. The molecule has 2 rings (SSSR count). The highest BCUT2D eigenvalue weighted by Gasteiger charge is 2.24. The van der Waals surface area contributed by atoms with Gasteiger partial charge in [0, 0.05) is 42.5 Å². The summed E-state index contributed by atoms with van der Waals surface area (Å²) in [5, 5.41) is 10.6. The second kappa shape index (κ2) is 5.48. The summed E-state index contributed by atoms with van der Waals surface area (Å²) in [5.41, 5.74) is 5.55. The number of anilines is 1. The number of non-ortho nitro benzene ring substituents is 1. The first-order valence-corrected chi connectivity index (χ1v) is 6.06. The van der Waals surface area contributed by atoms with Crippen molar-refractivity contribution in [3.63, 3.8) is 0 Å². The smallest absolute Gasteiger partial charge is 0.270 e. The van der Waals surface area contributed by atoms with E-state index in [1.807, 2.05) is 0 Å². The van der Waals surface area contributed by atoms with Crippen molar-refractivity contribution < 1.29 is 13.7 Å². The maximum absolute atomic E-state index is 13.0. The summed E-state index contributed by atoms with van der Waals surface area (Å²) in [5.74, 6) is 0. The minimum atomic E-state index is -2.74. The highest BCUT2D eigenvalue weighted by atomic mass is 19.3. The molecule has 7 heteroatoms. The van der Waals surface area contributed by atoms with Crippen LogP contribution in [0, 0.1) is 10.1 Å². The minimum absolute atomic E-state index is 0.0468. The van der Waals surface area contributed by atoms with Crippen LogP contribution in [-0.2, 0) is 0 Å². The Morgan fingerprint density at radius 2 is 2.21 bits per heavy atom. The maximum atomic E-state index is 13.0. The van der Waals surface area contributed by atoms with Crippen molar-refractivity contribution >= 4 is 11.4 Å². The molecule has 0 saturated carbocycles. The van der Waals surface area contributed by atoms with Gasteiger partial charge in [-0.25, -0.2) is 8.78 Å². The fourth-order valence-electron chi connectivity index (χ4n) is 2.35.